The van der Waals surface area contributed by atoms with E-state index in [1.807, 2.05) is 11.8 Å². The topological polar surface area (TPSA) is 66.9 Å². The fraction of sp³-hybridized carbons (Fsp3) is 0.667. The van der Waals surface area contributed by atoms with Gasteiger partial charge in [-0.1, -0.05) is 13.0 Å². The average Bonchev–Trinajstić information content (AvgIpc) is 3.36. The number of nitrogens with zero attached hydrogens (tertiary/aromatic N) is 2. The quantitative estimate of drug-likeness (QED) is 0.748. The van der Waals surface area contributed by atoms with E-state index in [-0.39, 0.29) is 16.7 Å². The van der Waals surface area contributed by atoms with E-state index in [4.69, 9.17) is 4.74 Å². The Balaban J connectivity index is 1.45. The standard InChI is InChI=1S/C21H29FN2O4S/c1-15-5-6-17(13-18(15)22)29(26,27)24-12-9-21(16(2)14-24)8-7-19(28-21)20(25)23-10-3-4-11-23/h5-6,13,16,19H,3-4,7-12,14H2,1-2H3. The number of amides is 1. The number of rotatable bonds is 3. The molecule has 0 aliphatic carbocycles. The van der Waals surface area contributed by atoms with E-state index in [2.05, 4.69) is 0 Å². The van der Waals surface area contributed by atoms with E-state index in [0.717, 1.165) is 38.4 Å². The van der Waals surface area contributed by atoms with E-state index in [1.165, 1.54) is 16.4 Å². The molecule has 3 unspecified atom stereocenters. The van der Waals surface area contributed by atoms with Gasteiger partial charge in [-0.3, -0.25) is 4.79 Å². The number of piperidine rings is 1. The lowest BCUT2D eigenvalue weighted by Gasteiger charge is -2.43. The molecule has 0 radical (unpaired) electrons. The highest BCUT2D eigenvalue weighted by molar-refractivity contribution is 7.89. The number of likely N-dealkylation sites (tertiary alicyclic amines) is 1. The number of sulfonamides is 1. The van der Waals surface area contributed by atoms with Gasteiger partial charge in [0.05, 0.1) is 10.5 Å². The predicted molar refractivity (Wildman–Crippen MR) is 106 cm³/mol. The molecule has 1 aromatic rings. The second-order valence-corrected chi connectivity index (χ2v) is 10.6. The van der Waals surface area contributed by atoms with Crippen molar-refractivity contribution in [3.63, 3.8) is 0 Å². The predicted octanol–water partition coefficient (Wildman–Crippen LogP) is 2.70. The fourth-order valence-electron chi connectivity index (χ4n) is 4.86. The summed E-state index contributed by atoms with van der Waals surface area (Å²) in [6.45, 7) is 5.83. The molecule has 3 aliphatic heterocycles. The minimum atomic E-state index is -3.76. The maximum atomic E-state index is 13.9. The molecular formula is C21H29FN2O4S. The molecule has 3 fully saturated rings. The van der Waals surface area contributed by atoms with Crippen molar-refractivity contribution in [1.82, 2.24) is 9.21 Å². The molecule has 6 nitrogen and oxygen atoms in total. The summed E-state index contributed by atoms with van der Waals surface area (Å²) in [5.74, 6) is -0.482. The van der Waals surface area contributed by atoms with Gasteiger partial charge in [-0.2, -0.15) is 4.31 Å². The molecule has 0 N–H and O–H groups in total. The van der Waals surface area contributed by atoms with Crippen LogP contribution in [0.1, 0.15) is 44.6 Å². The normalized spacial score (nSPS) is 30.9. The first-order chi connectivity index (χ1) is 13.7. The number of ether oxygens (including phenoxy) is 1. The van der Waals surface area contributed by atoms with Gasteiger partial charge in [-0.15, -0.1) is 0 Å². The molecule has 29 heavy (non-hydrogen) atoms. The van der Waals surface area contributed by atoms with Gasteiger partial charge in [0.1, 0.15) is 11.9 Å². The smallest absolute Gasteiger partial charge is 0.251 e. The number of aryl methyl sites for hydroxylation is 1. The summed E-state index contributed by atoms with van der Waals surface area (Å²) in [6, 6.07) is 4.04. The second-order valence-electron chi connectivity index (χ2n) is 8.67. The molecule has 8 heteroatoms. The molecule has 1 spiro atoms. The lowest BCUT2D eigenvalue weighted by molar-refractivity contribution is -0.154. The van der Waals surface area contributed by atoms with Gasteiger partial charge >= 0.3 is 0 Å². The third-order valence-electron chi connectivity index (χ3n) is 6.84. The molecule has 0 aromatic heterocycles. The lowest BCUT2D eigenvalue weighted by Crippen LogP contribution is -2.53. The number of hydrogen-bond acceptors (Lipinski definition) is 4. The van der Waals surface area contributed by atoms with Crippen molar-refractivity contribution in [3.8, 4) is 0 Å². The van der Waals surface area contributed by atoms with Crippen molar-refractivity contribution in [2.45, 2.75) is 62.6 Å². The fourth-order valence-corrected chi connectivity index (χ4v) is 6.41. The van der Waals surface area contributed by atoms with Crippen LogP contribution in [0.25, 0.3) is 0 Å². The molecule has 3 saturated heterocycles. The third kappa shape index (κ3) is 3.70. The Bertz CT molecular complexity index is 900. The van der Waals surface area contributed by atoms with Crippen LogP contribution < -0.4 is 0 Å². The Morgan fingerprint density at radius 1 is 1.21 bits per heavy atom. The number of carbonyl (C=O) groups is 1. The van der Waals surface area contributed by atoms with Crippen LogP contribution >= 0.6 is 0 Å². The van der Waals surface area contributed by atoms with E-state index in [9.17, 15) is 17.6 Å². The summed E-state index contributed by atoms with van der Waals surface area (Å²) in [5.41, 5.74) is -0.0343. The molecular weight excluding hydrogens is 395 g/mol. The average molecular weight is 425 g/mol. The first kappa shape index (κ1) is 20.8. The zero-order valence-electron chi connectivity index (χ0n) is 17.1. The van der Waals surface area contributed by atoms with Crippen LogP contribution in [-0.2, 0) is 19.6 Å². The van der Waals surface area contributed by atoms with Crippen LogP contribution in [0.2, 0.25) is 0 Å². The van der Waals surface area contributed by atoms with E-state index >= 15 is 0 Å². The molecule has 3 heterocycles. The maximum absolute atomic E-state index is 13.9. The zero-order chi connectivity index (χ0) is 20.8. The van der Waals surface area contributed by atoms with Crippen LogP contribution in [0.5, 0.6) is 0 Å². The highest BCUT2D eigenvalue weighted by atomic mass is 32.2. The van der Waals surface area contributed by atoms with Crippen molar-refractivity contribution in [1.29, 1.82) is 0 Å². The Morgan fingerprint density at radius 2 is 1.93 bits per heavy atom. The van der Waals surface area contributed by atoms with Gasteiger partial charge in [0, 0.05) is 26.2 Å². The summed E-state index contributed by atoms with van der Waals surface area (Å²) in [6.07, 6.45) is 3.69. The van der Waals surface area contributed by atoms with E-state index in [0.29, 0.717) is 31.5 Å². The van der Waals surface area contributed by atoms with Crippen LogP contribution in [0.3, 0.4) is 0 Å². The monoisotopic (exact) mass is 424 g/mol. The molecule has 4 rings (SSSR count). The van der Waals surface area contributed by atoms with E-state index in [1.54, 1.807) is 6.92 Å². The molecule has 3 atom stereocenters. The molecule has 0 saturated carbocycles. The Hall–Kier alpha value is -1.51. The van der Waals surface area contributed by atoms with E-state index < -0.39 is 27.5 Å². The Kier molecular flexibility index (Phi) is 5.46. The van der Waals surface area contributed by atoms with Crippen LogP contribution in [-0.4, -0.2) is 61.4 Å². The lowest BCUT2D eigenvalue weighted by atomic mass is 9.81. The Morgan fingerprint density at radius 3 is 2.59 bits per heavy atom. The summed E-state index contributed by atoms with van der Waals surface area (Å²) in [4.78, 5) is 14.6. The Labute approximate surface area is 172 Å². The van der Waals surface area contributed by atoms with Gasteiger partial charge in [-0.05, 0) is 62.6 Å². The van der Waals surface area contributed by atoms with Crippen molar-refractivity contribution >= 4 is 15.9 Å². The third-order valence-corrected chi connectivity index (χ3v) is 8.70. The van der Waals surface area contributed by atoms with Crippen molar-refractivity contribution in [2.24, 2.45) is 5.92 Å². The molecule has 0 bridgehead atoms. The maximum Gasteiger partial charge on any atom is 0.251 e. The molecule has 3 aliphatic rings. The number of benzene rings is 1. The van der Waals surface area contributed by atoms with Crippen LogP contribution in [0, 0.1) is 18.7 Å². The van der Waals surface area contributed by atoms with Crippen molar-refractivity contribution in [3.05, 3.63) is 29.6 Å². The molecule has 1 amide bonds. The largest absolute Gasteiger partial charge is 0.362 e. The summed E-state index contributed by atoms with van der Waals surface area (Å²) in [7, 11) is -3.76. The van der Waals surface area contributed by atoms with Gasteiger partial charge < -0.3 is 9.64 Å². The first-order valence-corrected chi connectivity index (χ1v) is 11.9. The number of halogens is 1. The minimum Gasteiger partial charge on any atom is -0.362 e. The van der Waals surface area contributed by atoms with Crippen LogP contribution in [0.4, 0.5) is 4.39 Å². The molecule has 1 aromatic carbocycles. The van der Waals surface area contributed by atoms with Crippen LogP contribution in [0.15, 0.2) is 23.1 Å². The zero-order valence-corrected chi connectivity index (χ0v) is 17.9. The highest BCUT2D eigenvalue weighted by Gasteiger charge is 2.51. The van der Waals surface area contributed by atoms with Crippen molar-refractivity contribution in [2.75, 3.05) is 26.2 Å². The van der Waals surface area contributed by atoms with Gasteiger partial charge in [-0.25, -0.2) is 12.8 Å². The second kappa shape index (κ2) is 7.63. The van der Waals surface area contributed by atoms with Gasteiger partial charge in [0.15, 0.2) is 0 Å². The minimum absolute atomic E-state index is 0.0156. The summed E-state index contributed by atoms with van der Waals surface area (Å²) < 4.78 is 47.6. The first-order valence-electron chi connectivity index (χ1n) is 10.5. The molecule has 160 valence electrons. The van der Waals surface area contributed by atoms with Crippen molar-refractivity contribution < 1.29 is 22.3 Å². The van der Waals surface area contributed by atoms with Gasteiger partial charge in [0.2, 0.25) is 10.0 Å². The SMILES string of the molecule is Cc1ccc(S(=O)(=O)N2CCC3(CCC(C(=O)N4CCCC4)O3)C(C)C2)cc1F. The van der Waals surface area contributed by atoms with Gasteiger partial charge in [0.25, 0.3) is 5.91 Å². The summed E-state index contributed by atoms with van der Waals surface area (Å²) in [5, 5.41) is 0. The number of hydrogen-bond donors (Lipinski definition) is 0. The number of carbonyl (C=O) groups excluding carboxylic acids is 1. The summed E-state index contributed by atoms with van der Waals surface area (Å²) >= 11 is 0. The highest BCUT2D eigenvalue weighted by Crippen LogP contribution is 2.43.